The summed E-state index contributed by atoms with van der Waals surface area (Å²) in [5.74, 6) is 0.744. The molecule has 112 valence electrons. The predicted octanol–water partition coefficient (Wildman–Crippen LogP) is 5.27. The summed E-state index contributed by atoms with van der Waals surface area (Å²) < 4.78 is 13.7. The van der Waals surface area contributed by atoms with E-state index in [4.69, 9.17) is 0 Å². The fourth-order valence-corrected chi connectivity index (χ4v) is 3.95. The van der Waals surface area contributed by atoms with Gasteiger partial charge in [0.2, 0.25) is 0 Å². The second kappa shape index (κ2) is 4.98. The van der Waals surface area contributed by atoms with Crippen LogP contribution in [0.25, 0.3) is 0 Å². The van der Waals surface area contributed by atoms with Crippen LogP contribution in [0.1, 0.15) is 40.6 Å². The van der Waals surface area contributed by atoms with Gasteiger partial charge in [-0.2, -0.15) is 0 Å². The van der Waals surface area contributed by atoms with E-state index < -0.39 is 0 Å². The van der Waals surface area contributed by atoms with E-state index in [1.165, 1.54) is 28.4 Å². The van der Waals surface area contributed by atoms with Crippen molar-refractivity contribution in [1.29, 1.82) is 0 Å². The first-order valence-corrected chi connectivity index (χ1v) is 7.94. The van der Waals surface area contributed by atoms with Crippen LogP contribution in [0.15, 0.2) is 48.6 Å². The minimum atomic E-state index is -0.159. The zero-order chi connectivity index (χ0) is 15.3. The first kappa shape index (κ1) is 13.6. The van der Waals surface area contributed by atoms with Crippen LogP contribution >= 0.6 is 0 Å². The fraction of sp³-hybridized carbons (Fsp3) is 0.300. The Balaban J connectivity index is 1.84. The molecule has 2 heteroatoms. The summed E-state index contributed by atoms with van der Waals surface area (Å²) in [4.78, 5) is 0. The highest BCUT2D eigenvalue weighted by atomic mass is 19.1. The highest BCUT2D eigenvalue weighted by Crippen LogP contribution is 2.50. The number of nitrogens with one attached hydrogen (secondary N) is 1. The maximum atomic E-state index is 13.7. The minimum absolute atomic E-state index is 0.159. The lowest BCUT2D eigenvalue weighted by atomic mass is 9.76. The number of hydrogen-bond donors (Lipinski definition) is 1. The standard InChI is InChI=1S/C20H20FN/c1-12-9-10-18-16-7-4-8-17(16)20(22-19(18)13(12)2)14-5-3-6-15(21)11-14/h3-7,9-11,16-17,20,22H,8H2,1-2H3/t16-,17+,20-/m1/s1. The van der Waals surface area contributed by atoms with E-state index in [9.17, 15) is 4.39 Å². The number of aryl methyl sites for hydroxylation is 1. The topological polar surface area (TPSA) is 12.0 Å². The van der Waals surface area contributed by atoms with Crippen molar-refractivity contribution in [3.63, 3.8) is 0 Å². The summed E-state index contributed by atoms with van der Waals surface area (Å²) in [5.41, 5.74) is 6.27. The molecule has 2 aromatic rings. The molecule has 1 N–H and O–H groups in total. The smallest absolute Gasteiger partial charge is 0.123 e. The number of halogens is 1. The van der Waals surface area contributed by atoms with Gasteiger partial charge in [0.15, 0.2) is 0 Å². The Kier molecular flexibility index (Phi) is 3.07. The van der Waals surface area contributed by atoms with Gasteiger partial charge in [-0.25, -0.2) is 4.39 Å². The molecule has 0 saturated heterocycles. The number of rotatable bonds is 1. The Bertz CT molecular complexity index is 762. The molecule has 3 atom stereocenters. The third kappa shape index (κ3) is 1.98. The van der Waals surface area contributed by atoms with Gasteiger partial charge in [0.25, 0.3) is 0 Å². The third-order valence-corrected chi connectivity index (χ3v) is 5.28. The van der Waals surface area contributed by atoms with Crippen molar-refractivity contribution in [3.05, 3.63) is 76.6 Å². The van der Waals surface area contributed by atoms with E-state index in [1.807, 2.05) is 12.1 Å². The van der Waals surface area contributed by atoms with Gasteiger partial charge in [-0.05, 0) is 60.6 Å². The van der Waals surface area contributed by atoms with Crippen LogP contribution < -0.4 is 5.32 Å². The Morgan fingerprint density at radius 1 is 1.14 bits per heavy atom. The Morgan fingerprint density at radius 2 is 2.00 bits per heavy atom. The molecule has 0 fully saturated rings. The quantitative estimate of drug-likeness (QED) is 0.706. The monoisotopic (exact) mass is 293 g/mol. The average Bonchev–Trinajstić information content (AvgIpc) is 3.00. The second-order valence-corrected chi connectivity index (χ2v) is 6.50. The van der Waals surface area contributed by atoms with Crippen LogP contribution in [0, 0.1) is 25.6 Å². The van der Waals surface area contributed by atoms with E-state index in [1.54, 1.807) is 6.07 Å². The lowest BCUT2D eigenvalue weighted by Gasteiger charge is -2.38. The lowest BCUT2D eigenvalue weighted by molar-refractivity contribution is 0.423. The minimum Gasteiger partial charge on any atom is -0.377 e. The molecule has 0 unspecified atom stereocenters. The zero-order valence-corrected chi connectivity index (χ0v) is 12.9. The molecule has 1 aliphatic heterocycles. The van der Waals surface area contributed by atoms with Crippen LogP contribution in [-0.2, 0) is 0 Å². The molecule has 1 heterocycles. The summed E-state index contributed by atoms with van der Waals surface area (Å²) in [7, 11) is 0. The zero-order valence-electron chi connectivity index (χ0n) is 12.9. The van der Waals surface area contributed by atoms with Crippen LogP contribution in [0.2, 0.25) is 0 Å². The van der Waals surface area contributed by atoms with Gasteiger partial charge >= 0.3 is 0 Å². The van der Waals surface area contributed by atoms with Crippen LogP contribution in [-0.4, -0.2) is 0 Å². The van der Waals surface area contributed by atoms with E-state index >= 15 is 0 Å². The highest BCUT2D eigenvalue weighted by molar-refractivity contribution is 5.65. The summed E-state index contributed by atoms with van der Waals surface area (Å²) in [5, 5.41) is 3.71. The van der Waals surface area contributed by atoms with Crippen LogP contribution in [0.5, 0.6) is 0 Å². The van der Waals surface area contributed by atoms with Gasteiger partial charge < -0.3 is 5.32 Å². The van der Waals surface area contributed by atoms with Crippen molar-refractivity contribution in [2.24, 2.45) is 5.92 Å². The van der Waals surface area contributed by atoms with Gasteiger partial charge in [-0.1, -0.05) is 36.4 Å². The molecule has 0 amide bonds. The predicted molar refractivity (Wildman–Crippen MR) is 88.7 cm³/mol. The molecule has 22 heavy (non-hydrogen) atoms. The van der Waals surface area contributed by atoms with Gasteiger partial charge in [0.05, 0.1) is 6.04 Å². The number of benzene rings is 2. The summed E-state index contributed by atoms with van der Waals surface area (Å²) in [6.45, 7) is 4.31. The number of fused-ring (bicyclic) bond motifs is 3. The second-order valence-electron chi connectivity index (χ2n) is 6.50. The fourth-order valence-electron chi connectivity index (χ4n) is 3.95. The molecule has 2 aliphatic rings. The molecular formula is C20H20FN. The molecule has 4 rings (SSSR count). The van der Waals surface area contributed by atoms with Gasteiger partial charge in [-0.15, -0.1) is 0 Å². The van der Waals surface area contributed by atoms with Crippen molar-refractivity contribution in [3.8, 4) is 0 Å². The molecule has 0 saturated carbocycles. The van der Waals surface area contributed by atoms with Crippen molar-refractivity contribution >= 4 is 5.69 Å². The van der Waals surface area contributed by atoms with E-state index in [-0.39, 0.29) is 11.9 Å². The summed E-state index contributed by atoms with van der Waals surface area (Å²) >= 11 is 0. The molecule has 0 spiro atoms. The molecule has 1 aliphatic carbocycles. The van der Waals surface area contributed by atoms with Gasteiger partial charge in [0, 0.05) is 11.6 Å². The molecule has 1 nitrogen and oxygen atoms in total. The summed E-state index contributed by atoms with van der Waals surface area (Å²) in [6.07, 6.45) is 5.64. The number of allylic oxidation sites excluding steroid dienone is 2. The SMILES string of the molecule is Cc1ccc2c(c1C)N[C@H](c1cccc(F)c1)[C@H]1CC=C[C@@H]21. The number of hydrogen-bond acceptors (Lipinski definition) is 1. The third-order valence-electron chi connectivity index (χ3n) is 5.28. The van der Waals surface area contributed by atoms with Crippen molar-refractivity contribution in [2.45, 2.75) is 32.2 Å². The molecular weight excluding hydrogens is 273 g/mol. The largest absolute Gasteiger partial charge is 0.377 e. The summed E-state index contributed by atoms with van der Waals surface area (Å²) in [6, 6.07) is 11.7. The van der Waals surface area contributed by atoms with Crippen molar-refractivity contribution in [2.75, 3.05) is 5.32 Å². The highest BCUT2D eigenvalue weighted by Gasteiger charge is 2.38. The van der Waals surface area contributed by atoms with Crippen molar-refractivity contribution < 1.29 is 4.39 Å². The first-order valence-electron chi connectivity index (χ1n) is 7.94. The molecule has 0 aromatic heterocycles. The van der Waals surface area contributed by atoms with Crippen LogP contribution in [0.3, 0.4) is 0 Å². The van der Waals surface area contributed by atoms with Gasteiger partial charge in [0.1, 0.15) is 5.82 Å². The van der Waals surface area contributed by atoms with E-state index in [2.05, 4.69) is 43.4 Å². The maximum absolute atomic E-state index is 13.7. The lowest BCUT2D eigenvalue weighted by Crippen LogP contribution is -2.29. The Labute approximate surface area is 130 Å². The van der Waals surface area contributed by atoms with Gasteiger partial charge in [-0.3, -0.25) is 0 Å². The molecule has 0 radical (unpaired) electrons. The average molecular weight is 293 g/mol. The first-order chi connectivity index (χ1) is 10.6. The Hall–Kier alpha value is -2.09. The Morgan fingerprint density at radius 3 is 2.82 bits per heavy atom. The van der Waals surface area contributed by atoms with Crippen molar-refractivity contribution in [1.82, 2.24) is 0 Å². The maximum Gasteiger partial charge on any atom is 0.123 e. The van der Waals surface area contributed by atoms with Crippen LogP contribution in [0.4, 0.5) is 10.1 Å². The molecule has 2 aromatic carbocycles. The molecule has 0 bridgehead atoms. The normalized spacial score (nSPS) is 25.5. The number of anilines is 1. The van der Waals surface area contributed by atoms with E-state index in [0.29, 0.717) is 11.8 Å². The van der Waals surface area contributed by atoms with E-state index in [0.717, 1.165) is 12.0 Å².